The van der Waals surface area contributed by atoms with Crippen LogP contribution in [0.15, 0.2) is 28.4 Å². The SMILES string of the molecule is Cc1nnc2c(N=Nc3cc(C(C)(C)C)ccc3NC(=O)OC(C)C)c(C(C)(C)C)[nH]n12. The molecule has 0 atom stereocenters. The molecule has 0 aliphatic heterocycles. The fourth-order valence-corrected chi connectivity index (χ4v) is 3.19. The minimum atomic E-state index is -0.535. The number of carbonyl (C=O) groups excluding carboxylic acids is 1. The van der Waals surface area contributed by atoms with Crippen LogP contribution in [0.5, 0.6) is 0 Å². The van der Waals surface area contributed by atoms with Crippen molar-refractivity contribution in [3.8, 4) is 0 Å². The number of amides is 1. The lowest BCUT2D eigenvalue weighted by molar-refractivity contribution is 0.130. The first-order chi connectivity index (χ1) is 14.8. The Kier molecular flexibility index (Phi) is 6.13. The third-order valence-corrected chi connectivity index (χ3v) is 4.95. The molecular weight excluding hydrogens is 406 g/mol. The zero-order valence-corrected chi connectivity index (χ0v) is 20.4. The highest BCUT2D eigenvalue weighted by molar-refractivity contribution is 5.89. The van der Waals surface area contributed by atoms with E-state index in [9.17, 15) is 4.79 Å². The summed E-state index contributed by atoms with van der Waals surface area (Å²) in [5, 5.41) is 23.6. The normalized spacial score (nSPS) is 12.8. The van der Waals surface area contributed by atoms with Crippen LogP contribution in [0.2, 0.25) is 0 Å². The van der Waals surface area contributed by atoms with Crippen LogP contribution in [0.4, 0.5) is 21.9 Å². The Morgan fingerprint density at radius 1 is 1.09 bits per heavy atom. The first-order valence-corrected chi connectivity index (χ1v) is 10.8. The molecule has 2 aromatic heterocycles. The summed E-state index contributed by atoms with van der Waals surface area (Å²) in [7, 11) is 0. The smallest absolute Gasteiger partial charge is 0.411 e. The summed E-state index contributed by atoms with van der Waals surface area (Å²) >= 11 is 0. The summed E-state index contributed by atoms with van der Waals surface area (Å²) in [6.07, 6.45) is -0.764. The van der Waals surface area contributed by atoms with Crippen LogP contribution in [0, 0.1) is 6.92 Å². The van der Waals surface area contributed by atoms with Crippen LogP contribution in [0.3, 0.4) is 0 Å². The van der Waals surface area contributed by atoms with Gasteiger partial charge >= 0.3 is 6.09 Å². The van der Waals surface area contributed by atoms with E-state index in [-0.39, 0.29) is 16.9 Å². The molecule has 0 fully saturated rings. The van der Waals surface area contributed by atoms with Gasteiger partial charge in [0.15, 0.2) is 5.69 Å². The van der Waals surface area contributed by atoms with Crippen molar-refractivity contribution in [2.45, 2.75) is 79.2 Å². The monoisotopic (exact) mass is 439 g/mol. The van der Waals surface area contributed by atoms with E-state index in [2.05, 4.69) is 72.4 Å². The summed E-state index contributed by atoms with van der Waals surface area (Å²) in [6, 6.07) is 5.74. The number of carbonyl (C=O) groups is 1. The molecule has 0 aliphatic carbocycles. The average Bonchev–Trinajstić information content (AvgIpc) is 3.19. The van der Waals surface area contributed by atoms with Gasteiger partial charge in [0.2, 0.25) is 5.65 Å². The first-order valence-electron chi connectivity index (χ1n) is 10.8. The summed E-state index contributed by atoms with van der Waals surface area (Å²) in [4.78, 5) is 12.2. The largest absolute Gasteiger partial charge is 0.447 e. The molecule has 0 bridgehead atoms. The molecule has 3 aromatic rings. The van der Waals surface area contributed by atoms with E-state index in [4.69, 9.17) is 4.74 Å². The number of benzene rings is 1. The maximum atomic E-state index is 12.2. The molecule has 0 spiro atoms. The predicted molar refractivity (Wildman–Crippen MR) is 125 cm³/mol. The van der Waals surface area contributed by atoms with Gasteiger partial charge in [-0.3, -0.25) is 10.4 Å². The molecule has 172 valence electrons. The van der Waals surface area contributed by atoms with Crippen molar-refractivity contribution < 1.29 is 9.53 Å². The van der Waals surface area contributed by atoms with Gasteiger partial charge in [-0.15, -0.1) is 20.4 Å². The highest BCUT2D eigenvalue weighted by Crippen LogP contribution is 2.37. The van der Waals surface area contributed by atoms with Gasteiger partial charge < -0.3 is 4.74 Å². The van der Waals surface area contributed by atoms with E-state index in [1.165, 1.54) is 0 Å². The number of H-pyrrole nitrogens is 1. The molecule has 0 saturated carbocycles. The molecule has 1 amide bonds. The number of hydrogen-bond acceptors (Lipinski definition) is 6. The molecule has 2 N–H and O–H groups in total. The van der Waals surface area contributed by atoms with Crippen LogP contribution in [0.1, 0.15) is 72.5 Å². The molecule has 0 saturated heterocycles. The number of nitrogens with one attached hydrogen (secondary N) is 2. The number of ether oxygens (including phenoxy) is 1. The second-order valence-corrected chi connectivity index (χ2v) is 10.3. The van der Waals surface area contributed by atoms with E-state index in [1.54, 1.807) is 18.4 Å². The minimum Gasteiger partial charge on any atom is -0.447 e. The van der Waals surface area contributed by atoms with E-state index in [0.29, 0.717) is 22.7 Å². The Morgan fingerprint density at radius 3 is 2.38 bits per heavy atom. The maximum absolute atomic E-state index is 12.2. The number of aryl methyl sites for hydroxylation is 1. The lowest BCUT2D eigenvalue weighted by atomic mass is 9.86. The molecule has 9 nitrogen and oxygen atoms in total. The second-order valence-electron chi connectivity index (χ2n) is 10.3. The van der Waals surface area contributed by atoms with Gasteiger partial charge in [0.1, 0.15) is 11.5 Å². The van der Waals surface area contributed by atoms with E-state index >= 15 is 0 Å². The van der Waals surface area contributed by atoms with Crippen LogP contribution < -0.4 is 5.32 Å². The van der Waals surface area contributed by atoms with Crippen molar-refractivity contribution in [1.29, 1.82) is 0 Å². The molecule has 9 heteroatoms. The summed E-state index contributed by atoms with van der Waals surface area (Å²) in [5.74, 6) is 0.737. The van der Waals surface area contributed by atoms with Crippen molar-refractivity contribution in [1.82, 2.24) is 19.8 Å². The number of aromatic nitrogens is 4. The molecular formula is C23H33N7O2. The van der Waals surface area contributed by atoms with Gasteiger partial charge in [-0.05, 0) is 43.9 Å². The number of aromatic amines is 1. The summed E-state index contributed by atoms with van der Waals surface area (Å²) in [6.45, 7) is 18.1. The lowest BCUT2D eigenvalue weighted by Crippen LogP contribution is -2.18. The first kappa shape index (κ1) is 23.4. The molecule has 3 rings (SSSR count). The third kappa shape index (κ3) is 4.98. The molecule has 32 heavy (non-hydrogen) atoms. The Balaban J connectivity index is 2.10. The van der Waals surface area contributed by atoms with Crippen LogP contribution in [0.25, 0.3) is 5.65 Å². The van der Waals surface area contributed by atoms with Crippen molar-refractivity contribution in [3.63, 3.8) is 0 Å². The number of rotatable bonds is 4. The summed E-state index contributed by atoms with van der Waals surface area (Å²) < 4.78 is 7.04. The third-order valence-electron chi connectivity index (χ3n) is 4.95. The van der Waals surface area contributed by atoms with Crippen molar-refractivity contribution >= 4 is 28.8 Å². The van der Waals surface area contributed by atoms with Crippen molar-refractivity contribution in [3.05, 3.63) is 35.3 Å². The fraction of sp³-hybridized carbons (Fsp3) is 0.522. The number of azo groups is 1. The van der Waals surface area contributed by atoms with Gasteiger partial charge in [0.05, 0.1) is 17.5 Å². The lowest BCUT2D eigenvalue weighted by Gasteiger charge is -2.20. The maximum Gasteiger partial charge on any atom is 0.411 e. The van der Waals surface area contributed by atoms with Gasteiger partial charge in [0, 0.05) is 5.41 Å². The quantitative estimate of drug-likeness (QED) is 0.463. The molecule has 0 radical (unpaired) electrons. The summed E-state index contributed by atoms with van der Waals surface area (Å²) in [5.41, 5.74) is 3.95. The number of fused-ring (bicyclic) bond motifs is 1. The van der Waals surface area contributed by atoms with Crippen LogP contribution in [-0.4, -0.2) is 32.0 Å². The van der Waals surface area contributed by atoms with Crippen molar-refractivity contribution in [2.75, 3.05) is 5.32 Å². The number of anilines is 1. The number of hydrogen-bond donors (Lipinski definition) is 2. The van der Waals surface area contributed by atoms with Crippen LogP contribution >= 0.6 is 0 Å². The Labute approximate surface area is 188 Å². The van der Waals surface area contributed by atoms with Gasteiger partial charge in [-0.2, -0.15) is 0 Å². The fourth-order valence-electron chi connectivity index (χ4n) is 3.19. The zero-order valence-electron chi connectivity index (χ0n) is 20.4. The highest BCUT2D eigenvalue weighted by atomic mass is 16.6. The zero-order chi connectivity index (χ0) is 23.8. The Bertz CT molecular complexity index is 1160. The topological polar surface area (TPSA) is 109 Å². The average molecular weight is 440 g/mol. The van der Waals surface area contributed by atoms with Crippen molar-refractivity contribution in [2.24, 2.45) is 10.2 Å². The predicted octanol–water partition coefficient (Wildman–Crippen LogP) is 6.33. The number of nitrogens with zero attached hydrogens (tertiary/aromatic N) is 5. The Hall–Kier alpha value is -3.23. The van der Waals surface area contributed by atoms with Crippen LogP contribution in [-0.2, 0) is 15.6 Å². The van der Waals surface area contributed by atoms with Gasteiger partial charge in [-0.25, -0.2) is 9.31 Å². The molecule has 1 aromatic carbocycles. The Morgan fingerprint density at radius 2 is 1.78 bits per heavy atom. The molecule has 2 heterocycles. The standard InChI is InChI=1S/C23H33N7O2/c1-13(2)32-21(31)24-16-11-10-15(22(4,5)6)12-17(16)26-27-18-19(23(7,8)9)29-30-14(3)25-28-20(18)30/h10-13,29H,1-9H3,(H,24,31). The van der Waals surface area contributed by atoms with E-state index in [1.807, 2.05) is 25.1 Å². The molecule has 0 aliphatic rings. The highest BCUT2D eigenvalue weighted by Gasteiger charge is 2.25. The second kappa shape index (κ2) is 8.37. The van der Waals surface area contributed by atoms with E-state index in [0.717, 1.165) is 17.1 Å². The van der Waals surface area contributed by atoms with Gasteiger partial charge in [-0.1, -0.05) is 47.6 Å². The van der Waals surface area contributed by atoms with E-state index < -0.39 is 6.09 Å². The minimum absolute atomic E-state index is 0.0940. The van der Waals surface area contributed by atoms with Gasteiger partial charge in [0.25, 0.3) is 0 Å². The molecule has 0 unspecified atom stereocenters.